The fraction of sp³-hybridized carbons (Fsp3) is 0.292. The van der Waals surface area contributed by atoms with Gasteiger partial charge in [0.1, 0.15) is 6.34 Å². The number of hydrogen-bond acceptors (Lipinski definition) is 6. The van der Waals surface area contributed by atoms with Gasteiger partial charge >= 0.3 is 0 Å². The molecule has 0 fully saturated rings. The van der Waals surface area contributed by atoms with Crippen LogP contribution >= 0.6 is 24.2 Å². The largest absolute Gasteiger partial charge is 0.493 e. The Morgan fingerprint density at radius 2 is 1.73 bits per heavy atom. The lowest BCUT2D eigenvalue weighted by Crippen LogP contribution is -2.31. The van der Waals surface area contributed by atoms with Crippen molar-refractivity contribution < 1.29 is 19.1 Å². The minimum atomic E-state index is -0.403. The van der Waals surface area contributed by atoms with E-state index >= 15 is 0 Å². The summed E-state index contributed by atoms with van der Waals surface area (Å²) >= 11 is 10.6. The zero-order valence-corrected chi connectivity index (χ0v) is 21.0. The number of aryl methyl sites for hydroxylation is 1. The lowest BCUT2D eigenvalue weighted by Gasteiger charge is -2.20. The van der Waals surface area contributed by atoms with Crippen LogP contribution in [0.2, 0.25) is 5.02 Å². The number of ether oxygens (including phenoxy) is 2. The van der Waals surface area contributed by atoms with Crippen molar-refractivity contribution in [1.82, 2.24) is 4.90 Å². The highest BCUT2D eigenvalue weighted by atomic mass is 35.5. The minimum absolute atomic E-state index is 0.156. The van der Waals surface area contributed by atoms with Gasteiger partial charge in [0.15, 0.2) is 11.5 Å². The van der Waals surface area contributed by atoms with E-state index in [2.05, 4.69) is 17.6 Å². The van der Waals surface area contributed by atoms with Gasteiger partial charge in [0, 0.05) is 25.4 Å². The summed E-state index contributed by atoms with van der Waals surface area (Å²) in [5.74, 6) is 0.311. The summed E-state index contributed by atoms with van der Waals surface area (Å²) in [6.07, 6.45) is 2.62. The fourth-order valence-corrected chi connectivity index (χ4v) is 3.56. The first-order valence-corrected chi connectivity index (χ1v) is 11.1. The Morgan fingerprint density at radius 3 is 2.30 bits per heavy atom. The van der Waals surface area contributed by atoms with Crippen molar-refractivity contribution in [3.8, 4) is 11.5 Å². The number of carbonyl (C=O) groups is 2. The van der Waals surface area contributed by atoms with Gasteiger partial charge < -0.3 is 14.4 Å². The van der Waals surface area contributed by atoms with Gasteiger partial charge in [-0.2, -0.15) is 0 Å². The Balaban J connectivity index is 2.49. The van der Waals surface area contributed by atoms with Gasteiger partial charge in [-0.25, -0.2) is 4.99 Å². The van der Waals surface area contributed by atoms with Gasteiger partial charge in [-0.05, 0) is 50.6 Å². The summed E-state index contributed by atoms with van der Waals surface area (Å²) in [5.41, 5.74) is 1.71. The number of rotatable bonds is 9. The molecule has 0 heterocycles. The van der Waals surface area contributed by atoms with Crippen molar-refractivity contribution >= 4 is 48.1 Å². The number of nitrogens with zero attached hydrogens (tertiary/aromatic N) is 3. The first-order valence-electron chi connectivity index (χ1n) is 10.3. The summed E-state index contributed by atoms with van der Waals surface area (Å²) in [4.78, 5) is 33.1. The quantitative estimate of drug-likeness (QED) is 0.233. The van der Waals surface area contributed by atoms with E-state index in [1.54, 1.807) is 41.3 Å². The molecule has 2 aromatic rings. The van der Waals surface area contributed by atoms with Gasteiger partial charge in [-0.15, -0.1) is 12.6 Å². The molecule has 2 amide bonds. The molecule has 0 aliphatic rings. The van der Waals surface area contributed by atoms with Crippen LogP contribution in [0.15, 0.2) is 52.5 Å². The molecular weight excluding hydrogens is 462 g/mol. The molecule has 2 aromatic carbocycles. The number of methoxy groups -OCH3 is 2. The van der Waals surface area contributed by atoms with Crippen molar-refractivity contribution in [2.24, 2.45) is 4.99 Å². The molecule has 7 nitrogen and oxygen atoms in total. The van der Waals surface area contributed by atoms with Crippen LogP contribution in [0.1, 0.15) is 29.8 Å². The summed E-state index contributed by atoms with van der Waals surface area (Å²) in [5, 5.41) is 0.320. The normalized spacial score (nSPS) is 11.4. The standard InChI is InChI=1S/C24H28ClN3O4S/c1-6-27(7-2)24(30)22(33)14-26-15-28(17-9-11-20(31-4)21(13-17)32-5)23(29)18-10-8-16(3)12-19(18)25/h8-15,33H,6-7H2,1-5H3/b22-14-,26-15?. The second-order valence-corrected chi connectivity index (χ2v) is 7.84. The molecule has 0 unspecified atom stereocenters. The van der Waals surface area contributed by atoms with Crippen molar-refractivity contribution in [2.45, 2.75) is 20.8 Å². The molecule has 0 bridgehead atoms. The Hall–Kier alpha value is -2.97. The first-order chi connectivity index (χ1) is 15.8. The van der Waals surface area contributed by atoms with Crippen molar-refractivity contribution in [2.75, 3.05) is 32.2 Å². The second-order valence-electron chi connectivity index (χ2n) is 6.95. The number of benzene rings is 2. The molecule has 0 N–H and O–H groups in total. The number of thiol groups is 1. The van der Waals surface area contributed by atoms with Gasteiger partial charge in [0.05, 0.1) is 35.4 Å². The molecule has 0 aromatic heterocycles. The zero-order valence-electron chi connectivity index (χ0n) is 19.3. The highest BCUT2D eigenvalue weighted by Crippen LogP contribution is 2.32. The van der Waals surface area contributed by atoms with Gasteiger partial charge in [-0.3, -0.25) is 14.5 Å². The second kappa shape index (κ2) is 12.3. The molecule has 2 rings (SSSR count). The third-order valence-corrected chi connectivity index (χ3v) is 5.49. The third-order valence-electron chi connectivity index (χ3n) is 4.87. The van der Waals surface area contributed by atoms with E-state index in [1.807, 2.05) is 20.8 Å². The number of aliphatic imine (C=N–C) groups is 1. The maximum Gasteiger partial charge on any atom is 0.265 e. The van der Waals surface area contributed by atoms with Crippen LogP contribution in [0.3, 0.4) is 0 Å². The molecule has 0 atom stereocenters. The van der Waals surface area contributed by atoms with E-state index < -0.39 is 5.91 Å². The monoisotopic (exact) mass is 489 g/mol. The topological polar surface area (TPSA) is 71.4 Å². The van der Waals surface area contributed by atoms with E-state index in [9.17, 15) is 9.59 Å². The Bertz CT molecular complexity index is 1070. The van der Waals surface area contributed by atoms with Crippen molar-refractivity contribution in [3.05, 3.63) is 63.7 Å². The number of likely N-dealkylation sites (N-methyl/N-ethyl adjacent to an activating group) is 1. The third kappa shape index (κ3) is 6.52. The van der Waals surface area contributed by atoms with Crippen LogP contribution < -0.4 is 14.4 Å². The molecule has 0 saturated heterocycles. The van der Waals surface area contributed by atoms with Crippen LogP contribution in [0.4, 0.5) is 5.69 Å². The molecule has 0 spiro atoms. The van der Waals surface area contributed by atoms with Crippen LogP contribution in [0.25, 0.3) is 0 Å². The van der Waals surface area contributed by atoms with Crippen LogP contribution in [0, 0.1) is 6.92 Å². The molecule has 33 heavy (non-hydrogen) atoms. The molecule has 176 valence electrons. The van der Waals surface area contributed by atoms with E-state index in [1.165, 1.54) is 31.7 Å². The molecule has 0 radical (unpaired) electrons. The van der Waals surface area contributed by atoms with Gasteiger partial charge in [0.25, 0.3) is 11.8 Å². The van der Waals surface area contributed by atoms with E-state index in [-0.39, 0.29) is 10.8 Å². The van der Waals surface area contributed by atoms with Crippen molar-refractivity contribution in [1.29, 1.82) is 0 Å². The van der Waals surface area contributed by atoms with E-state index in [4.69, 9.17) is 21.1 Å². The lowest BCUT2D eigenvalue weighted by atomic mass is 10.1. The number of amides is 2. The van der Waals surface area contributed by atoms with Crippen molar-refractivity contribution in [3.63, 3.8) is 0 Å². The molecule has 9 heteroatoms. The average molecular weight is 490 g/mol. The summed E-state index contributed by atoms with van der Waals surface area (Å²) < 4.78 is 10.7. The Kier molecular flexibility index (Phi) is 9.81. The van der Waals surface area contributed by atoms with E-state index in [0.29, 0.717) is 40.9 Å². The van der Waals surface area contributed by atoms with Crippen LogP contribution in [-0.4, -0.2) is 50.4 Å². The minimum Gasteiger partial charge on any atom is -0.493 e. The Labute approximate surface area is 205 Å². The molecule has 0 aliphatic carbocycles. The Morgan fingerprint density at radius 1 is 1.06 bits per heavy atom. The van der Waals surface area contributed by atoms with Gasteiger partial charge in [0.2, 0.25) is 0 Å². The maximum absolute atomic E-state index is 13.4. The SMILES string of the molecule is CCN(CC)C(=O)/C(S)=C/N=CN(C(=O)c1ccc(C)cc1Cl)c1ccc(OC)c(OC)c1. The summed E-state index contributed by atoms with van der Waals surface area (Å²) in [6.45, 7) is 6.76. The van der Waals surface area contributed by atoms with Gasteiger partial charge in [-0.1, -0.05) is 17.7 Å². The number of halogens is 1. The summed E-state index contributed by atoms with van der Waals surface area (Å²) in [7, 11) is 3.04. The lowest BCUT2D eigenvalue weighted by molar-refractivity contribution is -0.126. The number of hydrogen-bond donors (Lipinski definition) is 1. The number of carbonyl (C=O) groups excluding carboxylic acids is 2. The fourth-order valence-electron chi connectivity index (χ4n) is 3.03. The number of anilines is 1. The highest BCUT2D eigenvalue weighted by Gasteiger charge is 2.21. The summed E-state index contributed by atoms with van der Waals surface area (Å²) in [6, 6.07) is 10.2. The first kappa shape index (κ1) is 26.3. The van der Waals surface area contributed by atoms with Crippen LogP contribution in [-0.2, 0) is 4.79 Å². The molecular formula is C24H28ClN3O4S. The zero-order chi connectivity index (χ0) is 24.5. The van der Waals surface area contributed by atoms with Crippen LogP contribution in [0.5, 0.6) is 11.5 Å². The maximum atomic E-state index is 13.4. The smallest absolute Gasteiger partial charge is 0.265 e. The average Bonchev–Trinajstić information content (AvgIpc) is 2.81. The van der Waals surface area contributed by atoms with E-state index in [0.717, 1.165) is 5.56 Å². The highest BCUT2D eigenvalue weighted by molar-refractivity contribution is 7.85. The predicted octanol–water partition coefficient (Wildman–Crippen LogP) is 4.98. The molecule has 0 aliphatic heterocycles. The predicted molar refractivity (Wildman–Crippen MR) is 136 cm³/mol. The molecule has 0 saturated carbocycles.